The van der Waals surface area contributed by atoms with Gasteiger partial charge in [-0.3, -0.25) is 14.8 Å². The topological polar surface area (TPSA) is 54.3 Å². The zero-order valence-corrected chi connectivity index (χ0v) is 34.0. The maximum Gasteiger partial charge on any atom is 0.226 e. The second kappa shape index (κ2) is 14.6. The van der Waals surface area contributed by atoms with E-state index in [1.165, 1.54) is 75.6 Å². The monoisotopic (exact) mass is 723 g/mol. The highest BCUT2D eigenvalue weighted by Crippen LogP contribution is 2.49. The van der Waals surface area contributed by atoms with Crippen LogP contribution >= 0.6 is 0 Å². The van der Waals surface area contributed by atoms with Gasteiger partial charge in [0.2, 0.25) is 5.91 Å². The van der Waals surface area contributed by atoms with Crippen LogP contribution in [0.1, 0.15) is 117 Å². The molecule has 54 heavy (non-hydrogen) atoms. The number of amides is 1. The van der Waals surface area contributed by atoms with Gasteiger partial charge in [0.05, 0.1) is 11.7 Å². The summed E-state index contributed by atoms with van der Waals surface area (Å²) in [5.74, 6) is 4.55. The Kier molecular flexibility index (Phi) is 9.98. The molecule has 4 aliphatic heterocycles. The smallest absolute Gasteiger partial charge is 0.226 e. The number of hydrogen-bond acceptors (Lipinski definition) is 4. The van der Waals surface area contributed by atoms with Crippen LogP contribution in [0.4, 0.5) is 5.69 Å². The van der Waals surface area contributed by atoms with Gasteiger partial charge in [0, 0.05) is 53.9 Å². The second-order valence-electron chi connectivity index (χ2n) is 18.0. The Morgan fingerprint density at radius 2 is 1.76 bits per heavy atom. The lowest BCUT2D eigenvalue weighted by Crippen LogP contribution is -2.47. The van der Waals surface area contributed by atoms with Crippen molar-refractivity contribution in [1.29, 1.82) is 0 Å². The molecule has 0 aromatic heterocycles. The number of allylic oxidation sites excluding steroid dienone is 2. The Hall–Kier alpha value is -3.99. The Labute approximate surface area is 324 Å². The van der Waals surface area contributed by atoms with Crippen LogP contribution in [-0.4, -0.2) is 34.3 Å². The lowest BCUT2D eigenvalue weighted by atomic mass is 9.75. The summed E-state index contributed by atoms with van der Waals surface area (Å²) in [4.78, 5) is 26.1. The number of likely N-dealkylation sites (tertiary alicyclic amines) is 1. The van der Waals surface area contributed by atoms with Gasteiger partial charge in [-0.25, -0.2) is 0 Å². The largest absolute Gasteiger partial charge is 0.488 e. The molecule has 284 valence electrons. The lowest BCUT2D eigenvalue weighted by molar-refractivity contribution is -0.137. The SMILES string of the molecule is C=C(C(C)[C@@H](C)CC)C1C[C@@H](CC)C[C@H]1C1=NC=C(c2ccc3c(c2)COc2cc4c5c(ccc4cc2-3)N=C([C@@H]2CC[C@H](C)N2C(=O)[C@@H](C)C(C)C)C5)C1. The summed E-state index contributed by atoms with van der Waals surface area (Å²) in [6.07, 6.45) is 10.8. The van der Waals surface area contributed by atoms with E-state index in [2.05, 4.69) is 109 Å². The summed E-state index contributed by atoms with van der Waals surface area (Å²) >= 11 is 0. The Bertz CT molecular complexity index is 2090. The van der Waals surface area contributed by atoms with Crippen LogP contribution < -0.4 is 4.74 Å². The molecule has 2 fully saturated rings. The number of aliphatic imine (C=N–C) groups is 2. The highest BCUT2D eigenvalue weighted by Gasteiger charge is 2.42. The number of ether oxygens (including phenoxy) is 1. The van der Waals surface area contributed by atoms with Crippen LogP contribution in [0.5, 0.6) is 5.75 Å². The fourth-order valence-corrected chi connectivity index (χ4v) is 10.3. The van der Waals surface area contributed by atoms with Crippen LogP contribution in [0.3, 0.4) is 0 Å². The van der Waals surface area contributed by atoms with Crippen molar-refractivity contribution < 1.29 is 9.53 Å². The average Bonchev–Trinajstić information content (AvgIpc) is 4.00. The molecule has 1 saturated heterocycles. The van der Waals surface area contributed by atoms with E-state index < -0.39 is 0 Å². The number of carbonyl (C=O) groups excluding carboxylic acids is 1. The zero-order valence-electron chi connectivity index (χ0n) is 34.0. The van der Waals surface area contributed by atoms with E-state index >= 15 is 0 Å². The molecular weight excluding hydrogens is 663 g/mol. The third-order valence-electron chi connectivity index (χ3n) is 14.7. The van der Waals surface area contributed by atoms with E-state index in [0.29, 0.717) is 36.2 Å². The molecule has 5 heteroatoms. The van der Waals surface area contributed by atoms with Gasteiger partial charge in [0.1, 0.15) is 12.4 Å². The van der Waals surface area contributed by atoms with Crippen molar-refractivity contribution in [3.63, 3.8) is 0 Å². The quantitative estimate of drug-likeness (QED) is 0.196. The molecule has 8 atom stereocenters. The fraction of sp³-hybridized carbons (Fsp3) is 0.531. The summed E-state index contributed by atoms with van der Waals surface area (Å²) in [5, 5.41) is 2.42. The first-order chi connectivity index (χ1) is 26.0. The van der Waals surface area contributed by atoms with Crippen molar-refractivity contribution >= 4 is 39.4 Å². The predicted molar refractivity (Wildman–Crippen MR) is 226 cm³/mol. The summed E-state index contributed by atoms with van der Waals surface area (Å²) in [6, 6.07) is 16.2. The van der Waals surface area contributed by atoms with Gasteiger partial charge in [0.15, 0.2) is 0 Å². The van der Waals surface area contributed by atoms with Crippen molar-refractivity contribution in [2.75, 3.05) is 0 Å². The Balaban J connectivity index is 0.998. The number of benzene rings is 3. The van der Waals surface area contributed by atoms with Gasteiger partial charge in [-0.1, -0.05) is 91.7 Å². The minimum atomic E-state index is 0.00835. The van der Waals surface area contributed by atoms with Gasteiger partial charge < -0.3 is 9.64 Å². The Morgan fingerprint density at radius 3 is 2.52 bits per heavy atom. The van der Waals surface area contributed by atoms with E-state index in [9.17, 15) is 4.79 Å². The molecule has 0 N–H and O–H groups in total. The molecule has 1 saturated carbocycles. The molecule has 5 aliphatic rings. The third kappa shape index (κ3) is 6.37. The van der Waals surface area contributed by atoms with E-state index in [0.717, 1.165) is 54.3 Å². The number of rotatable bonds is 10. The van der Waals surface area contributed by atoms with Crippen molar-refractivity contribution in [3.05, 3.63) is 77.5 Å². The van der Waals surface area contributed by atoms with Gasteiger partial charge in [-0.15, -0.1) is 0 Å². The lowest BCUT2D eigenvalue weighted by Gasteiger charge is -2.32. The number of carbonyl (C=O) groups is 1. The molecule has 0 radical (unpaired) electrons. The number of nitrogens with zero attached hydrogens (tertiary/aromatic N) is 3. The first-order valence-corrected chi connectivity index (χ1v) is 21.2. The minimum absolute atomic E-state index is 0.00835. The van der Waals surface area contributed by atoms with Crippen LogP contribution in [0.2, 0.25) is 0 Å². The van der Waals surface area contributed by atoms with E-state index in [1.807, 2.05) is 0 Å². The Morgan fingerprint density at radius 1 is 0.944 bits per heavy atom. The maximum atomic E-state index is 13.6. The maximum absolute atomic E-state index is 13.6. The molecule has 1 aliphatic carbocycles. The zero-order chi connectivity index (χ0) is 38.0. The average molecular weight is 724 g/mol. The molecule has 5 nitrogen and oxygen atoms in total. The highest BCUT2D eigenvalue weighted by atomic mass is 16.5. The molecular formula is C49H61N3O2. The van der Waals surface area contributed by atoms with Crippen molar-refractivity contribution in [3.8, 4) is 16.9 Å². The van der Waals surface area contributed by atoms with Gasteiger partial charge in [-0.05, 0) is 125 Å². The van der Waals surface area contributed by atoms with Crippen LogP contribution in [-0.2, 0) is 17.8 Å². The molecule has 4 heterocycles. The highest BCUT2D eigenvalue weighted by molar-refractivity contribution is 6.06. The van der Waals surface area contributed by atoms with Gasteiger partial charge >= 0.3 is 0 Å². The number of hydrogen-bond donors (Lipinski definition) is 0. The fourth-order valence-electron chi connectivity index (χ4n) is 10.3. The second-order valence-corrected chi connectivity index (χ2v) is 18.0. The summed E-state index contributed by atoms with van der Waals surface area (Å²) < 4.78 is 6.54. The number of fused-ring (bicyclic) bond motifs is 6. The van der Waals surface area contributed by atoms with E-state index in [1.54, 1.807) is 0 Å². The van der Waals surface area contributed by atoms with Crippen molar-refractivity contribution in [2.24, 2.45) is 51.4 Å². The molecule has 0 spiro atoms. The van der Waals surface area contributed by atoms with Gasteiger partial charge in [0.25, 0.3) is 0 Å². The summed E-state index contributed by atoms with van der Waals surface area (Å²) in [6.45, 7) is 23.3. The standard InChI is InChI=1S/C49H61N3O2/c1-10-28(5)31(8)32(9)39-18-33(11-2)19-41(39)45-22-36(25-50-45)34-13-15-38-37(20-34)26-54-48-24-40-35(21-43(38)48)14-16-44-42(40)23-46(51-44)47-17-12-29(6)52(47)49(53)30(7)27(3)4/h13-16,20-21,24-25,27-31,33,39,41,47H,9-12,17-19,22-23,26H2,1-8H3/t28-,29-,30-,31?,33+,39?,41+,47-/m0/s1. The molecule has 8 rings (SSSR count). The van der Waals surface area contributed by atoms with Crippen molar-refractivity contribution in [1.82, 2.24) is 4.90 Å². The first-order valence-electron chi connectivity index (χ1n) is 21.2. The normalized spacial score (nSPS) is 26.1. The van der Waals surface area contributed by atoms with Crippen molar-refractivity contribution in [2.45, 2.75) is 125 Å². The molecule has 3 aromatic rings. The van der Waals surface area contributed by atoms with Crippen LogP contribution in [0, 0.1) is 41.4 Å². The molecule has 3 aromatic carbocycles. The van der Waals surface area contributed by atoms with Crippen LogP contribution in [0.25, 0.3) is 27.5 Å². The summed E-state index contributed by atoms with van der Waals surface area (Å²) in [7, 11) is 0. The first kappa shape index (κ1) is 37.0. The predicted octanol–water partition coefficient (Wildman–Crippen LogP) is 12.2. The van der Waals surface area contributed by atoms with Crippen LogP contribution in [0.15, 0.2) is 70.8 Å². The molecule has 2 unspecified atom stereocenters. The summed E-state index contributed by atoms with van der Waals surface area (Å²) in [5.41, 5.74) is 12.5. The van der Waals surface area contributed by atoms with E-state index in [4.69, 9.17) is 21.3 Å². The molecule has 0 bridgehead atoms. The molecule has 1 amide bonds. The van der Waals surface area contributed by atoms with Gasteiger partial charge in [-0.2, -0.15) is 0 Å². The third-order valence-corrected chi connectivity index (χ3v) is 14.7. The minimum Gasteiger partial charge on any atom is -0.488 e. The van der Waals surface area contributed by atoms with E-state index in [-0.39, 0.29) is 23.9 Å².